The zero-order chi connectivity index (χ0) is 17.8. The van der Waals surface area contributed by atoms with Gasteiger partial charge in [0.1, 0.15) is 0 Å². The van der Waals surface area contributed by atoms with Crippen LogP contribution in [0.4, 0.5) is 0 Å². The van der Waals surface area contributed by atoms with Gasteiger partial charge in [-0.05, 0) is 25.0 Å². The SMILES string of the molecule is COc1cc(C2=NN(C3CCCCC3)C(=O)CO2)cc(OC)c1OC. The number of hydrogen-bond donors (Lipinski definition) is 0. The van der Waals surface area contributed by atoms with Crippen molar-refractivity contribution in [3.05, 3.63) is 17.7 Å². The number of benzene rings is 1. The third-order valence-corrected chi connectivity index (χ3v) is 4.62. The first-order valence-corrected chi connectivity index (χ1v) is 8.51. The van der Waals surface area contributed by atoms with E-state index in [1.54, 1.807) is 38.5 Å². The van der Waals surface area contributed by atoms with Crippen LogP contribution < -0.4 is 14.2 Å². The molecule has 0 N–H and O–H groups in total. The Morgan fingerprint density at radius 3 is 2.24 bits per heavy atom. The Bertz CT molecular complexity index is 642. The maximum atomic E-state index is 12.2. The van der Waals surface area contributed by atoms with E-state index < -0.39 is 0 Å². The third-order valence-electron chi connectivity index (χ3n) is 4.62. The van der Waals surface area contributed by atoms with E-state index in [1.807, 2.05) is 0 Å². The van der Waals surface area contributed by atoms with Gasteiger partial charge in [0, 0.05) is 5.56 Å². The Kier molecular flexibility index (Phi) is 5.31. The smallest absolute Gasteiger partial charge is 0.280 e. The van der Waals surface area contributed by atoms with Crippen molar-refractivity contribution in [2.24, 2.45) is 5.10 Å². The van der Waals surface area contributed by atoms with Crippen LogP contribution in [0.2, 0.25) is 0 Å². The predicted octanol–water partition coefficient (Wildman–Crippen LogP) is 2.57. The van der Waals surface area contributed by atoms with Gasteiger partial charge in [-0.3, -0.25) is 4.79 Å². The largest absolute Gasteiger partial charge is 0.493 e. The summed E-state index contributed by atoms with van der Waals surface area (Å²) in [6, 6.07) is 3.70. The van der Waals surface area contributed by atoms with E-state index in [0.29, 0.717) is 28.7 Å². The summed E-state index contributed by atoms with van der Waals surface area (Å²) in [4.78, 5) is 12.2. The van der Waals surface area contributed by atoms with E-state index in [2.05, 4.69) is 5.10 Å². The highest BCUT2D eigenvalue weighted by Crippen LogP contribution is 2.38. The van der Waals surface area contributed by atoms with Gasteiger partial charge in [-0.2, -0.15) is 0 Å². The molecule has 7 nitrogen and oxygen atoms in total. The minimum absolute atomic E-state index is 0.00794. The van der Waals surface area contributed by atoms with Gasteiger partial charge in [0.15, 0.2) is 18.1 Å². The molecule has 3 rings (SSSR count). The van der Waals surface area contributed by atoms with E-state index in [1.165, 1.54) is 6.42 Å². The number of nitrogens with zero attached hydrogens (tertiary/aromatic N) is 2. The molecule has 1 saturated carbocycles. The first-order chi connectivity index (χ1) is 12.2. The molecule has 25 heavy (non-hydrogen) atoms. The van der Waals surface area contributed by atoms with Crippen molar-refractivity contribution in [1.82, 2.24) is 5.01 Å². The maximum Gasteiger partial charge on any atom is 0.280 e. The number of rotatable bonds is 5. The van der Waals surface area contributed by atoms with Gasteiger partial charge >= 0.3 is 0 Å². The highest BCUT2D eigenvalue weighted by molar-refractivity contribution is 5.99. The molecule has 0 radical (unpaired) electrons. The van der Waals surface area contributed by atoms with Gasteiger partial charge < -0.3 is 18.9 Å². The van der Waals surface area contributed by atoms with Gasteiger partial charge in [-0.25, -0.2) is 5.01 Å². The quantitative estimate of drug-likeness (QED) is 0.818. The van der Waals surface area contributed by atoms with Crippen molar-refractivity contribution in [2.75, 3.05) is 27.9 Å². The fraction of sp³-hybridized carbons (Fsp3) is 0.556. The van der Waals surface area contributed by atoms with E-state index >= 15 is 0 Å². The lowest BCUT2D eigenvalue weighted by Crippen LogP contribution is -2.44. The average molecular weight is 348 g/mol. The van der Waals surface area contributed by atoms with Gasteiger partial charge in [0.05, 0.1) is 27.4 Å². The summed E-state index contributed by atoms with van der Waals surface area (Å²) in [7, 11) is 4.67. The number of carbonyl (C=O) groups is 1. The Morgan fingerprint density at radius 2 is 1.68 bits per heavy atom. The van der Waals surface area contributed by atoms with Crippen LogP contribution in [-0.4, -0.2) is 50.8 Å². The first kappa shape index (κ1) is 17.4. The van der Waals surface area contributed by atoms with Crippen LogP contribution in [0, 0.1) is 0 Å². The lowest BCUT2D eigenvalue weighted by atomic mass is 9.95. The van der Waals surface area contributed by atoms with Crippen molar-refractivity contribution in [2.45, 2.75) is 38.1 Å². The Morgan fingerprint density at radius 1 is 1.04 bits per heavy atom. The molecule has 0 unspecified atom stereocenters. The van der Waals surface area contributed by atoms with Gasteiger partial charge in [0.2, 0.25) is 11.6 Å². The van der Waals surface area contributed by atoms with Crippen molar-refractivity contribution in [1.29, 1.82) is 0 Å². The van der Waals surface area contributed by atoms with Crippen molar-refractivity contribution in [3.8, 4) is 17.2 Å². The minimum Gasteiger partial charge on any atom is -0.493 e. The molecule has 136 valence electrons. The van der Waals surface area contributed by atoms with Crippen molar-refractivity contribution < 1.29 is 23.7 Å². The topological polar surface area (TPSA) is 69.6 Å². The second-order valence-electron chi connectivity index (χ2n) is 6.14. The van der Waals surface area contributed by atoms with Gasteiger partial charge in [-0.15, -0.1) is 5.10 Å². The molecule has 1 fully saturated rings. The van der Waals surface area contributed by atoms with E-state index in [-0.39, 0.29) is 18.6 Å². The molecule has 0 spiro atoms. The number of hydrogen-bond acceptors (Lipinski definition) is 6. The summed E-state index contributed by atoms with van der Waals surface area (Å²) in [5, 5.41) is 6.09. The monoisotopic (exact) mass is 348 g/mol. The van der Waals surface area contributed by atoms with Gasteiger partial charge in [0.25, 0.3) is 5.91 Å². The molecular weight excluding hydrogens is 324 g/mol. The van der Waals surface area contributed by atoms with Gasteiger partial charge in [-0.1, -0.05) is 19.3 Å². The summed E-state index contributed by atoms with van der Waals surface area (Å²) in [5.41, 5.74) is 0.683. The van der Waals surface area contributed by atoms with Crippen LogP contribution in [-0.2, 0) is 9.53 Å². The predicted molar refractivity (Wildman–Crippen MR) is 92.3 cm³/mol. The number of ether oxygens (including phenoxy) is 4. The standard InChI is InChI=1S/C18H24N2O5/c1-22-14-9-12(10-15(23-2)17(14)24-3)18-19-20(16(21)11-25-18)13-7-5-4-6-8-13/h9-10,13H,4-8,11H2,1-3H3. The number of methoxy groups -OCH3 is 3. The van der Waals surface area contributed by atoms with E-state index in [0.717, 1.165) is 25.7 Å². The maximum absolute atomic E-state index is 12.2. The van der Waals surface area contributed by atoms with E-state index in [9.17, 15) is 4.79 Å². The Labute approximate surface area is 147 Å². The highest BCUT2D eigenvalue weighted by atomic mass is 16.5. The number of amides is 1. The summed E-state index contributed by atoms with van der Waals surface area (Å²) in [6.45, 7) is -0.00794. The molecule has 2 aliphatic rings. The van der Waals surface area contributed by atoms with Crippen LogP contribution in [0.5, 0.6) is 17.2 Å². The third kappa shape index (κ3) is 3.50. The number of carbonyl (C=O) groups excluding carboxylic acids is 1. The zero-order valence-corrected chi connectivity index (χ0v) is 14.9. The van der Waals surface area contributed by atoms with Crippen LogP contribution in [0.1, 0.15) is 37.7 Å². The lowest BCUT2D eigenvalue weighted by Gasteiger charge is -2.33. The molecule has 0 saturated heterocycles. The highest BCUT2D eigenvalue weighted by Gasteiger charge is 2.30. The van der Waals surface area contributed by atoms with Crippen LogP contribution >= 0.6 is 0 Å². The second kappa shape index (κ2) is 7.63. The Hall–Kier alpha value is -2.44. The molecule has 0 atom stereocenters. The summed E-state index contributed by atoms with van der Waals surface area (Å²) < 4.78 is 21.7. The first-order valence-electron chi connectivity index (χ1n) is 8.51. The summed E-state index contributed by atoms with van der Waals surface area (Å²) >= 11 is 0. The van der Waals surface area contributed by atoms with Crippen molar-refractivity contribution >= 4 is 11.8 Å². The molecule has 1 aromatic carbocycles. The fourth-order valence-electron chi connectivity index (χ4n) is 3.34. The molecule has 1 amide bonds. The van der Waals surface area contributed by atoms with Crippen molar-refractivity contribution in [3.63, 3.8) is 0 Å². The fourth-order valence-corrected chi connectivity index (χ4v) is 3.34. The second-order valence-corrected chi connectivity index (χ2v) is 6.14. The molecule has 1 aliphatic carbocycles. The summed E-state index contributed by atoms with van der Waals surface area (Å²) in [6.07, 6.45) is 5.45. The molecule has 7 heteroatoms. The Balaban J connectivity index is 1.95. The normalized spacial score (nSPS) is 18.4. The van der Waals surface area contributed by atoms with Crippen LogP contribution in [0.3, 0.4) is 0 Å². The van der Waals surface area contributed by atoms with E-state index in [4.69, 9.17) is 18.9 Å². The molecule has 0 aromatic heterocycles. The average Bonchev–Trinajstić information content (AvgIpc) is 2.67. The van der Waals surface area contributed by atoms with Crippen LogP contribution in [0.25, 0.3) is 0 Å². The molecule has 0 bridgehead atoms. The molecule has 1 aromatic rings. The lowest BCUT2D eigenvalue weighted by molar-refractivity contribution is -0.138. The molecule has 1 heterocycles. The summed E-state index contributed by atoms with van der Waals surface area (Å²) in [5.74, 6) is 1.84. The number of hydrazone groups is 1. The molecule has 1 aliphatic heterocycles. The zero-order valence-electron chi connectivity index (χ0n) is 14.9. The van der Waals surface area contributed by atoms with Crippen LogP contribution in [0.15, 0.2) is 17.2 Å². The molecular formula is C18H24N2O5. The minimum atomic E-state index is -0.0944.